The SMILES string of the molecule is COc1ccc(C(=O)Nc2nc3c(s2)C[C@]2(C)CC[C@@H]([C@H](C)C(=O)N4CCSCC4)[C@H](O)[C@H]2[C@@H]3C)cc1. The van der Waals surface area contributed by atoms with Gasteiger partial charge in [0.05, 0.1) is 18.9 Å². The molecule has 2 amide bonds. The van der Waals surface area contributed by atoms with Crippen molar-refractivity contribution < 1.29 is 19.4 Å². The van der Waals surface area contributed by atoms with E-state index in [0.717, 1.165) is 49.6 Å². The predicted molar refractivity (Wildman–Crippen MR) is 149 cm³/mol. The number of thiazole rings is 1. The molecular weight excluding hydrogens is 506 g/mol. The van der Waals surface area contributed by atoms with Gasteiger partial charge in [-0.1, -0.05) is 20.8 Å². The van der Waals surface area contributed by atoms with E-state index in [9.17, 15) is 14.7 Å². The molecule has 6 atom stereocenters. The molecule has 0 unspecified atom stereocenters. The van der Waals surface area contributed by atoms with Crippen molar-refractivity contribution in [3.8, 4) is 5.75 Å². The molecule has 1 aromatic carbocycles. The molecular formula is C28H37N3O4S2. The molecule has 2 aromatic rings. The van der Waals surface area contributed by atoms with Crippen LogP contribution in [0.2, 0.25) is 0 Å². The van der Waals surface area contributed by atoms with Gasteiger partial charge in [0.25, 0.3) is 5.91 Å². The maximum atomic E-state index is 13.3. The number of fused-ring (bicyclic) bond motifs is 2. The molecule has 1 saturated heterocycles. The number of rotatable bonds is 5. The Morgan fingerprint density at radius 1 is 1.24 bits per heavy atom. The Balaban J connectivity index is 1.32. The Kier molecular flexibility index (Phi) is 7.58. The Hall–Kier alpha value is -2.10. The lowest BCUT2D eigenvalue weighted by molar-refractivity contribution is -0.144. The van der Waals surface area contributed by atoms with Gasteiger partial charge in [-0.3, -0.25) is 14.9 Å². The molecule has 37 heavy (non-hydrogen) atoms. The first-order chi connectivity index (χ1) is 17.7. The number of anilines is 1. The number of nitrogens with one attached hydrogen (secondary N) is 1. The first kappa shape index (κ1) is 26.5. The third kappa shape index (κ3) is 5.02. The number of aliphatic hydroxyl groups is 1. The van der Waals surface area contributed by atoms with Crippen molar-refractivity contribution in [3.05, 3.63) is 40.4 Å². The van der Waals surface area contributed by atoms with Gasteiger partial charge in [-0.15, -0.1) is 11.3 Å². The standard InChI is InChI=1S/C28H37N3O4S2/c1-16(26(34)31-11-13-36-14-12-31)20-9-10-28(3)15-21-23(17(2)22(28)24(20)32)29-27(37-21)30-25(33)18-5-7-19(35-4)8-6-18/h5-8,16-17,20,22,24,32H,9-15H2,1-4H3,(H,29,30,33)/t16-,17-,20-,22+,24-,28-/m0/s1. The number of methoxy groups -OCH3 is 1. The molecule has 0 radical (unpaired) electrons. The van der Waals surface area contributed by atoms with Gasteiger partial charge in [0, 0.05) is 46.9 Å². The lowest BCUT2D eigenvalue weighted by Crippen LogP contribution is -2.54. The maximum Gasteiger partial charge on any atom is 0.257 e. The number of aliphatic hydroxyl groups excluding tert-OH is 1. The van der Waals surface area contributed by atoms with Crippen LogP contribution in [-0.4, -0.2) is 64.6 Å². The van der Waals surface area contributed by atoms with Crippen molar-refractivity contribution in [3.63, 3.8) is 0 Å². The summed E-state index contributed by atoms with van der Waals surface area (Å²) in [7, 11) is 1.60. The van der Waals surface area contributed by atoms with Crippen LogP contribution in [0.4, 0.5) is 5.13 Å². The molecule has 0 spiro atoms. The number of aromatic nitrogens is 1. The highest BCUT2D eigenvalue weighted by atomic mass is 32.2. The number of carbonyl (C=O) groups is 2. The molecule has 2 aliphatic carbocycles. The Morgan fingerprint density at radius 3 is 2.62 bits per heavy atom. The molecule has 9 heteroatoms. The van der Waals surface area contributed by atoms with Crippen LogP contribution in [-0.2, 0) is 11.2 Å². The van der Waals surface area contributed by atoms with Crippen LogP contribution in [0.25, 0.3) is 0 Å². The van der Waals surface area contributed by atoms with Crippen LogP contribution in [0, 0.1) is 23.2 Å². The van der Waals surface area contributed by atoms with E-state index >= 15 is 0 Å². The summed E-state index contributed by atoms with van der Waals surface area (Å²) in [6, 6.07) is 7.01. The van der Waals surface area contributed by atoms with Gasteiger partial charge in [0.2, 0.25) is 5.91 Å². The smallest absolute Gasteiger partial charge is 0.257 e. The second-order valence-corrected chi connectivity index (χ2v) is 13.4. The van der Waals surface area contributed by atoms with E-state index in [-0.39, 0.29) is 40.9 Å². The van der Waals surface area contributed by atoms with Crippen molar-refractivity contribution in [2.24, 2.45) is 23.2 Å². The van der Waals surface area contributed by atoms with E-state index in [1.54, 1.807) is 42.7 Å². The van der Waals surface area contributed by atoms with Crippen LogP contribution >= 0.6 is 23.1 Å². The number of thioether (sulfide) groups is 1. The molecule has 7 nitrogen and oxygen atoms in total. The molecule has 3 aliphatic rings. The van der Waals surface area contributed by atoms with Crippen molar-refractivity contribution in [1.82, 2.24) is 9.88 Å². The van der Waals surface area contributed by atoms with E-state index in [2.05, 4.69) is 19.2 Å². The van der Waals surface area contributed by atoms with Gasteiger partial charge in [0.15, 0.2) is 5.13 Å². The molecule has 2 fully saturated rings. The second kappa shape index (κ2) is 10.6. The molecule has 5 rings (SSSR count). The third-order valence-electron chi connectivity index (χ3n) is 8.85. The summed E-state index contributed by atoms with van der Waals surface area (Å²) < 4.78 is 5.18. The first-order valence-electron chi connectivity index (χ1n) is 13.2. The molecule has 0 bridgehead atoms. The molecule has 2 heterocycles. The van der Waals surface area contributed by atoms with E-state index in [4.69, 9.17) is 9.72 Å². The maximum absolute atomic E-state index is 13.3. The van der Waals surface area contributed by atoms with E-state index in [0.29, 0.717) is 16.4 Å². The number of amides is 2. The quantitative estimate of drug-likeness (QED) is 0.570. The van der Waals surface area contributed by atoms with Crippen molar-refractivity contribution >= 4 is 40.0 Å². The number of nitrogens with zero attached hydrogens (tertiary/aromatic N) is 2. The average molecular weight is 544 g/mol. The van der Waals surface area contributed by atoms with E-state index < -0.39 is 6.10 Å². The summed E-state index contributed by atoms with van der Waals surface area (Å²) >= 11 is 3.44. The largest absolute Gasteiger partial charge is 0.497 e. The fraction of sp³-hybridized carbons (Fsp3) is 0.607. The van der Waals surface area contributed by atoms with E-state index in [1.807, 2.05) is 23.6 Å². The fourth-order valence-electron chi connectivity index (χ4n) is 6.77. The molecule has 1 aromatic heterocycles. The normalized spacial score (nSPS) is 30.1. The van der Waals surface area contributed by atoms with Gasteiger partial charge in [0.1, 0.15) is 5.75 Å². The summed E-state index contributed by atoms with van der Waals surface area (Å²) in [5.41, 5.74) is 1.47. The fourth-order valence-corrected chi connectivity index (χ4v) is 8.93. The van der Waals surface area contributed by atoms with Gasteiger partial charge >= 0.3 is 0 Å². The van der Waals surface area contributed by atoms with Crippen LogP contribution in [0.1, 0.15) is 60.5 Å². The zero-order chi connectivity index (χ0) is 26.3. The van der Waals surface area contributed by atoms with Crippen molar-refractivity contribution in [2.45, 2.75) is 52.1 Å². The minimum Gasteiger partial charge on any atom is -0.497 e. The number of carbonyl (C=O) groups excluding carboxylic acids is 2. The van der Waals surface area contributed by atoms with Gasteiger partial charge in [-0.25, -0.2) is 4.98 Å². The van der Waals surface area contributed by atoms with Crippen molar-refractivity contribution in [2.75, 3.05) is 37.0 Å². The van der Waals surface area contributed by atoms with Crippen LogP contribution in [0.15, 0.2) is 24.3 Å². The number of hydrogen-bond acceptors (Lipinski definition) is 7. The zero-order valence-corrected chi connectivity index (χ0v) is 23.7. The summed E-state index contributed by atoms with van der Waals surface area (Å²) in [4.78, 5) is 34.1. The highest BCUT2D eigenvalue weighted by Gasteiger charge is 2.54. The van der Waals surface area contributed by atoms with Crippen LogP contribution in [0.3, 0.4) is 0 Å². The van der Waals surface area contributed by atoms with Gasteiger partial charge in [-0.2, -0.15) is 11.8 Å². The molecule has 2 N–H and O–H groups in total. The molecule has 1 saturated carbocycles. The first-order valence-corrected chi connectivity index (χ1v) is 15.2. The van der Waals surface area contributed by atoms with Crippen molar-refractivity contribution in [1.29, 1.82) is 0 Å². The summed E-state index contributed by atoms with van der Waals surface area (Å²) in [6.07, 6.45) is 2.11. The Labute approximate surface area is 227 Å². The second-order valence-electron chi connectivity index (χ2n) is 11.1. The monoisotopic (exact) mass is 543 g/mol. The highest BCUT2D eigenvalue weighted by molar-refractivity contribution is 7.99. The molecule has 1 aliphatic heterocycles. The summed E-state index contributed by atoms with van der Waals surface area (Å²) in [5.74, 6) is 2.52. The summed E-state index contributed by atoms with van der Waals surface area (Å²) in [5, 5.41) is 15.3. The average Bonchev–Trinajstić information content (AvgIpc) is 3.30. The lowest BCUT2D eigenvalue weighted by Gasteiger charge is -2.53. The van der Waals surface area contributed by atoms with Gasteiger partial charge in [-0.05, 0) is 60.8 Å². The van der Waals surface area contributed by atoms with E-state index in [1.165, 1.54) is 4.88 Å². The lowest BCUT2D eigenvalue weighted by atomic mass is 9.53. The minimum atomic E-state index is -0.556. The third-order valence-corrected chi connectivity index (χ3v) is 10.8. The Morgan fingerprint density at radius 2 is 1.95 bits per heavy atom. The van der Waals surface area contributed by atoms with Crippen LogP contribution < -0.4 is 10.1 Å². The minimum absolute atomic E-state index is 0.0261. The topological polar surface area (TPSA) is 91.8 Å². The number of ether oxygens (including phenoxy) is 1. The zero-order valence-electron chi connectivity index (χ0n) is 22.0. The predicted octanol–water partition coefficient (Wildman–Crippen LogP) is 4.67. The van der Waals surface area contributed by atoms with Gasteiger partial charge < -0.3 is 14.7 Å². The molecule has 200 valence electrons. The number of hydrogen-bond donors (Lipinski definition) is 2. The summed E-state index contributed by atoms with van der Waals surface area (Å²) in [6.45, 7) is 8.05. The van der Waals surface area contributed by atoms with Crippen LogP contribution in [0.5, 0.6) is 5.75 Å². The number of benzene rings is 1. The Bertz CT molecular complexity index is 1150. The highest BCUT2D eigenvalue weighted by Crippen LogP contribution is 2.57.